The van der Waals surface area contributed by atoms with Crippen LogP contribution in [0.5, 0.6) is 0 Å². The van der Waals surface area contributed by atoms with E-state index in [1.54, 1.807) is 12.1 Å². The number of nitro groups is 1. The van der Waals surface area contributed by atoms with Gasteiger partial charge in [0.25, 0.3) is 11.6 Å². The molecule has 150 valence electrons. The number of rotatable bonds is 9. The molecule has 10 nitrogen and oxygen atoms in total. The molecule has 2 rings (SSSR count). The number of nitro benzene ring substituents is 1. The Bertz CT molecular complexity index is 954. The first-order valence-electron chi connectivity index (χ1n) is 8.43. The second-order valence-electron chi connectivity index (χ2n) is 5.69. The fourth-order valence-corrected chi connectivity index (χ4v) is 2.34. The summed E-state index contributed by atoms with van der Waals surface area (Å²) in [5, 5.41) is 25.4. The van der Waals surface area contributed by atoms with Crippen LogP contribution in [0.25, 0.3) is 0 Å². The topological polar surface area (TPSA) is 144 Å². The van der Waals surface area contributed by atoms with Crippen molar-refractivity contribution in [3.8, 4) is 6.07 Å². The van der Waals surface area contributed by atoms with Crippen LogP contribution in [0.3, 0.4) is 0 Å². The van der Waals surface area contributed by atoms with E-state index in [9.17, 15) is 19.7 Å². The van der Waals surface area contributed by atoms with Crippen molar-refractivity contribution in [3.05, 3.63) is 63.7 Å². The standard InChI is InChI=1S/C19H18N4O6/c1-28-9-8-21-17-7-6-14(23(26)27)10-15(17)19(25)29-12-18(24)22-16-5-3-2-4-13(16)11-20/h2-7,10,21H,8-9,12H2,1H3,(H,22,24). The maximum atomic E-state index is 12.4. The molecule has 0 saturated carbocycles. The summed E-state index contributed by atoms with van der Waals surface area (Å²) in [6.45, 7) is 0.0883. The summed E-state index contributed by atoms with van der Waals surface area (Å²) in [5.74, 6) is -1.56. The average molecular weight is 398 g/mol. The molecule has 0 aromatic heterocycles. The Hall–Kier alpha value is -3.97. The molecule has 0 fully saturated rings. The van der Waals surface area contributed by atoms with E-state index in [0.29, 0.717) is 18.8 Å². The lowest BCUT2D eigenvalue weighted by molar-refractivity contribution is -0.384. The molecule has 0 aliphatic carbocycles. The summed E-state index contributed by atoms with van der Waals surface area (Å²) in [6, 6.07) is 12.0. The molecule has 0 saturated heterocycles. The van der Waals surface area contributed by atoms with Crippen LogP contribution >= 0.6 is 0 Å². The minimum Gasteiger partial charge on any atom is -0.452 e. The molecule has 29 heavy (non-hydrogen) atoms. The molecule has 0 bridgehead atoms. The summed E-state index contributed by atoms with van der Waals surface area (Å²) in [4.78, 5) is 34.8. The smallest absolute Gasteiger partial charge is 0.341 e. The van der Waals surface area contributed by atoms with Gasteiger partial charge in [0.15, 0.2) is 6.61 Å². The molecular formula is C19H18N4O6. The predicted molar refractivity (Wildman–Crippen MR) is 104 cm³/mol. The average Bonchev–Trinajstić information content (AvgIpc) is 2.72. The lowest BCUT2D eigenvalue weighted by Gasteiger charge is -2.12. The molecule has 0 aliphatic rings. The highest BCUT2D eigenvalue weighted by molar-refractivity contribution is 5.99. The third-order valence-electron chi connectivity index (χ3n) is 3.71. The number of nitrogens with zero attached hydrogens (tertiary/aromatic N) is 2. The van der Waals surface area contributed by atoms with Crippen molar-refractivity contribution in [1.82, 2.24) is 0 Å². The number of carbonyl (C=O) groups excluding carboxylic acids is 2. The van der Waals surface area contributed by atoms with E-state index >= 15 is 0 Å². The van der Waals surface area contributed by atoms with E-state index < -0.39 is 23.4 Å². The molecule has 0 atom stereocenters. The van der Waals surface area contributed by atoms with Crippen LogP contribution in [-0.2, 0) is 14.3 Å². The third kappa shape index (κ3) is 6.02. The number of anilines is 2. The summed E-state index contributed by atoms with van der Waals surface area (Å²) in [6.07, 6.45) is 0. The molecule has 0 heterocycles. The summed E-state index contributed by atoms with van der Waals surface area (Å²) in [5.41, 5.74) is 0.485. The summed E-state index contributed by atoms with van der Waals surface area (Å²) in [7, 11) is 1.51. The van der Waals surface area contributed by atoms with Crippen molar-refractivity contribution in [2.45, 2.75) is 0 Å². The van der Waals surface area contributed by atoms with Crippen molar-refractivity contribution in [3.63, 3.8) is 0 Å². The Balaban J connectivity index is 2.08. The molecule has 2 aromatic carbocycles. The van der Waals surface area contributed by atoms with E-state index in [1.165, 1.54) is 31.4 Å². The van der Waals surface area contributed by atoms with Gasteiger partial charge in [-0.3, -0.25) is 14.9 Å². The zero-order chi connectivity index (χ0) is 21.2. The van der Waals surface area contributed by atoms with Gasteiger partial charge in [-0.1, -0.05) is 12.1 Å². The number of nitrogens with one attached hydrogen (secondary N) is 2. The molecule has 0 aliphatic heterocycles. The van der Waals surface area contributed by atoms with Crippen LogP contribution in [-0.4, -0.2) is 43.7 Å². The first-order chi connectivity index (χ1) is 14.0. The highest BCUT2D eigenvalue weighted by atomic mass is 16.6. The van der Waals surface area contributed by atoms with Crippen molar-refractivity contribution >= 4 is 28.9 Å². The van der Waals surface area contributed by atoms with E-state index in [1.807, 2.05) is 6.07 Å². The number of non-ortho nitro benzene ring substituents is 1. The number of para-hydroxylation sites is 1. The van der Waals surface area contributed by atoms with Crippen LogP contribution in [0.1, 0.15) is 15.9 Å². The molecule has 2 N–H and O–H groups in total. The molecule has 0 spiro atoms. The summed E-state index contributed by atoms with van der Waals surface area (Å²) < 4.78 is 9.91. The Morgan fingerprint density at radius 3 is 2.66 bits per heavy atom. The minimum absolute atomic E-state index is 0.0828. The number of nitriles is 1. The van der Waals surface area contributed by atoms with E-state index in [-0.39, 0.29) is 22.5 Å². The SMILES string of the molecule is COCCNc1ccc([N+](=O)[O-])cc1C(=O)OCC(=O)Nc1ccccc1C#N. The van der Waals surface area contributed by atoms with Crippen LogP contribution < -0.4 is 10.6 Å². The first-order valence-corrected chi connectivity index (χ1v) is 8.43. The first kappa shape index (κ1) is 21.3. The Labute approximate surface area is 166 Å². The Morgan fingerprint density at radius 1 is 1.21 bits per heavy atom. The number of hydrogen-bond acceptors (Lipinski definition) is 8. The predicted octanol–water partition coefficient (Wildman–Crippen LogP) is 2.32. The van der Waals surface area contributed by atoms with Gasteiger partial charge in [0.05, 0.1) is 28.3 Å². The number of carbonyl (C=O) groups is 2. The van der Waals surface area contributed by atoms with Gasteiger partial charge in [-0.15, -0.1) is 0 Å². The van der Waals surface area contributed by atoms with Gasteiger partial charge in [-0.25, -0.2) is 4.79 Å². The second-order valence-corrected chi connectivity index (χ2v) is 5.69. The number of methoxy groups -OCH3 is 1. The van der Waals surface area contributed by atoms with Gasteiger partial charge in [0.2, 0.25) is 0 Å². The fraction of sp³-hybridized carbons (Fsp3) is 0.211. The molecule has 10 heteroatoms. The van der Waals surface area contributed by atoms with Gasteiger partial charge in [0.1, 0.15) is 6.07 Å². The van der Waals surface area contributed by atoms with Gasteiger partial charge < -0.3 is 20.1 Å². The largest absolute Gasteiger partial charge is 0.452 e. The molecular weight excluding hydrogens is 380 g/mol. The van der Waals surface area contributed by atoms with Crippen molar-refractivity contribution in [2.24, 2.45) is 0 Å². The van der Waals surface area contributed by atoms with Crippen LogP contribution in [0, 0.1) is 21.4 Å². The monoisotopic (exact) mass is 398 g/mol. The normalized spacial score (nSPS) is 9.93. The maximum absolute atomic E-state index is 12.4. The highest BCUT2D eigenvalue weighted by Crippen LogP contribution is 2.23. The van der Waals surface area contributed by atoms with E-state index in [4.69, 9.17) is 14.7 Å². The Kier molecular flexibility index (Phi) is 7.64. The molecule has 1 amide bonds. The number of esters is 1. The van der Waals surface area contributed by atoms with Gasteiger partial charge in [-0.05, 0) is 18.2 Å². The summed E-state index contributed by atoms with van der Waals surface area (Å²) >= 11 is 0. The number of hydrogen-bond donors (Lipinski definition) is 2. The lowest BCUT2D eigenvalue weighted by Crippen LogP contribution is -2.22. The number of amides is 1. The molecule has 2 aromatic rings. The zero-order valence-electron chi connectivity index (χ0n) is 15.5. The van der Waals surface area contributed by atoms with Crippen LogP contribution in [0.4, 0.5) is 17.1 Å². The van der Waals surface area contributed by atoms with E-state index in [0.717, 1.165) is 6.07 Å². The highest BCUT2D eigenvalue weighted by Gasteiger charge is 2.19. The number of benzene rings is 2. The van der Waals surface area contributed by atoms with Crippen molar-refractivity contribution in [1.29, 1.82) is 5.26 Å². The van der Waals surface area contributed by atoms with E-state index in [2.05, 4.69) is 10.6 Å². The molecule has 0 unspecified atom stereocenters. The number of ether oxygens (including phenoxy) is 2. The third-order valence-corrected chi connectivity index (χ3v) is 3.71. The quantitative estimate of drug-likeness (QED) is 0.283. The minimum atomic E-state index is -0.905. The van der Waals surface area contributed by atoms with Crippen LogP contribution in [0.15, 0.2) is 42.5 Å². The fourth-order valence-electron chi connectivity index (χ4n) is 2.34. The van der Waals surface area contributed by atoms with Crippen LogP contribution in [0.2, 0.25) is 0 Å². The maximum Gasteiger partial charge on any atom is 0.341 e. The Morgan fingerprint density at radius 2 is 1.97 bits per heavy atom. The van der Waals surface area contributed by atoms with Gasteiger partial charge >= 0.3 is 5.97 Å². The molecule has 0 radical (unpaired) electrons. The van der Waals surface area contributed by atoms with Gasteiger partial charge in [0, 0.05) is 31.5 Å². The second kappa shape index (κ2) is 10.4. The lowest BCUT2D eigenvalue weighted by atomic mass is 10.1. The van der Waals surface area contributed by atoms with Gasteiger partial charge in [-0.2, -0.15) is 5.26 Å². The van der Waals surface area contributed by atoms with Crippen molar-refractivity contribution in [2.75, 3.05) is 37.5 Å². The zero-order valence-corrected chi connectivity index (χ0v) is 15.5. The van der Waals surface area contributed by atoms with Crippen molar-refractivity contribution < 1.29 is 24.0 Å².